The van der Waals surface area contributed by atoms with E-state index in [1.165, 1.54) is 12.1 Å². The van der Waals surface area contributed by atoms with Gasteiger partial charge in [0.1, 0.15) is 5.82 Å². The third-order valence-electron chi connectivity index (χ3n) is 5.78. The molecule has 0 spiro atoms. The van der Waals surface area contributed by atoms with E-state index in [9.17, 15) is 17.6 Å². The van der Waals surface area contributed by atoms with Crippen molar-refractivity contribution in [2.24, 2.45) is 5.92 Å². The van der Waals surface area contributed by atoms with E-state index in [0.29, 0.717) is 25.6 Å². The molecule has 4 rings (SSSR count). The van der Waals surface area contributed by atoms with Crippen molar-refractivity contribution in [3.05, 3.63) is 30.1 Å². The first-order valence-electron chi connectivity index (χ1n) is 9.15. The Balaban J connectivity index is 1.24. The second-order valence-corrected chi connectivity index (χ2v) is 9.73. The van der Waals surface area contributed by atoms with E-state index in [0.717, 1.165) is 31.9 Å². The molecule has 0 N–H and O–H groups in total. The molecule has 0 bridgehead atoms. The normalized spacial score (nSPS) is 26.7. The van der Waals surface area contributed by atoms with Crippen LogP contribution < -0.4 is 4.90 Å². The number of carbonyl (C=O) groups excluding carboxylic acids is 1. The molecule has 0 aromatic heterocycles. The van der Waals surface area contributed by atoms with Crippen molar-refractivity contribution in [1.29, 1.82) is 0 Å². The Morgan fingerprint density at radius 1 is 1.04 bits per heavy atom. The van der Waals surface area contributed by atoms with Crippen molar-refractivity contribution in [3.8, 4) is 0 Å². The van der Waals surface area contributed by atoms with Crippen molar-refractivity contribution in [2.75, 3.05) is 55.7 Å². The molecule has 1 amide bonds. The number of carbonyl (C=O) groups is 1. The molecule has 0 aliphatic carbocycles. The molecule has 3 aliphatic heterocycles. The Morgan fingerprint density at radius 3 is 2.27 bits per heavy atom. The molecule has 0 saturated carbocycles. The zero-order chi connectivity index (χ0) is 18.3. The van der Waals surface area contributed by atoms with Crippen molar-refractivity contribution >= 4 is 21.4 Å². The molecule has 142 valence electrons. The first kappa shape index (κ1) is 17.7. The smallest absolute Gasteiger partial charge is 0.226 e. The standard InChI is InChI=1S/C18H24FN3O3S/c19-15-1-3-16(4-2-15)20-6-8-21(9-7-20)17-11-22(12-17)18(23)14-5-10-26(24,25)13-14/h1-4,14,17H,5-13H2. The average Bonchev–Trinajstić information content (AvgIpc) is 2.95. The van der Waals surface area contributed by atoms with Crippen molar-refractivity contribution < 1.29 is 17.6 Å². The summed E-state index contributed by atoms with van der Waals surface area (Å²) in [7, 11) is -3.01. The van der Waals surface area contributed by atoms with Crippen LogP contribution in [0.5, 0.6) is 0 Å². The van der Waals surface area contributed by atoms with E-state index < -0.39 is 9.84 Å². The highest BCUT2D eigenvalue weighted by Gasteiger charge is 2.41. The van der Waals surface area contributed by atoms with E-state index in [2.05, 4.69) is 9.80 Å². The van der Waals surface area contributed by atoms with E-state index in [1.54, 1.807) is 0 Å². The monoisotopic (exact) mass is 381 g/mol. The minimum absolute atomic E-state index is 0.00673. The summed E-state index contributed by atoms with van der Waals surface area (Å²) in [5.74, 6) is -0.389. The highest BCUT2D eigenvalue weighted by Crippen LogP contribution is 2.26. The maximum absolute atomic E-state index is 13.0. The first-order chi connectivity index (χ1) is 12.4. The van der Waals surface area contributed by atoms with Gasteiger partial charge in [-0.1, -0.05) is 0 Å². The van der Waals surface area contributed by atoms with Gasteiger partial charge in [-0.3, -0.25) is 9.69 Å². The third kappa shape index (κ3) is 3.57. The molecule has 6 nitrogen and oxygen atoms in total. The Morgan fingerprint density at radius 2 is 1.69 bits per heavy atom. The van der Waals surface area contributed by atoms with Gasteiger partial charge in [0.25, 0.3) is 0 Å². The number of anilines is 1. The zero-order valence-corrected chi connectivity index (χ0v) is 15.5. The van der Waals surface area contributed by atoms with Gasteiger partial charge >= 0.3 is 0 Å². The molecule has 3 saturated heterocycles. The Labute approximate surface area is 153 Å². The SMILES string of the molecule is O=C(C1CCS(=O)(=O)C1)N1CC(N2CCN(c3ccc(F)cc3)CC2)C1. The van der Waals surface area contributed by atoms with Gasteiger partial charge in [-0.15, -0.1) is 0 Å². The number of likely N-dealkylation sites (tertiary alicyclic amines) is 1. The van der Waals surface area contributed by atoms with Crippen molar-refractivity contribution in [3.63, 3.8) is 0 Å². The second kappa shape index (κ2) is 6.81. The number of hydrogen-bond acceptors (Lipinski definition) is 5. The van der Waals surface area contributed by atoms with Crippen LogP contribution in [0.2, 0.25) is 0 Å². The summed E-state index contributed by atoms with van der Waals surface area (Å²) in [5.41, 5.74) is 1.04. The van der Waals surface area contributed by atoms with Crippen LogP contribution in [0, 0.1) is 11.7 Å². The maximum atomic E-state index is 13.0. The number of benzene rings is 1. The van der Waals surface area contributed by atoms with Crippen LogP contribution in [-0.2, 0) is 14.6 Å². The summed E-state index contributed by atoms with van der Waals surface area (Å²) in [4.78, 5) is 18.9. The second-order valence-electron chi connectivity index (χ2n) is 7.50. The minimum Gasteiger partial charge on any atom is -0.369 e. The molecule has 3 heterocycles. The summed E-state index contributed by atoms with van der Waals surface area (Å²) < 4.78 is 36.1. The summed E-state index contributed by atoms with van der Waals surface area (Å²) >= 11 is 0. The molecule has 1 atom stereocenters. The van der Waals surface area contributed by atoms with Gasteiger partial charge < -0.3 is 9.80 Å². The van der Waals surface area contributed by atoms with Crippen LogP contribution in [-0.4, -0.2) is 80.9 Å². The number of sulfone groups is 1. The number of rotatable bonds is 3. The molecular weight excluding hydrogens is 357 g/mol. The van der Waals surface area contributed by atoms with Gasteiger partial charge in [-0.05, 0) is 30.7 Å². The molecular formula is C18H24FN3O3S. The fourth-order valence-corrected chi connectivity index (χ4v) is 5.84. The molecule has 8 heteroatoms. The van der Waals surface area contributed by atoms with Gasteiger partial charge in [-0.2, -0.15) is 0 Å². The Bertz CT molecular complexity index is 769. The lowest BCUT2D eigenvalue weighted by molar-refractivity contribution is -0.142. The quantitative estimate of drug-likeness (QED) is 0.767. The van der Waals surface area contributed by atoms with Crippen LogP contribution in [0.15, 0.2) is 24.3 Å². The minimum atomic E-state index is -3.01. The summed E-state index contributed by atoms with van der Waals surface area (Å²) in [6.07, 6.45) is 0.471. The zero-order valence-electron chi connectivity index (χ0n) is 14.7. The number of halogens is 1. The predicted octanol–water partition coefficient (Wildman–Crippen LogP) is 0.593. The Hall–Kier alpha value is -1.67. The van der Waals surface area contributed by atoms with Gasteiger partial charge in [-0.25, -0.2) is 12.8 Å². The van der Waals surface area contributed by atoms with Crippen LogP contribution in [0.1, 0.15) is 6.42 Å². The molecule has 1 aromatic rings. The van der Waals surface area contributed by atoms with Crippen LogP contribution in [0.4, 0.5) is 10.1 Å². The Kier molecular flexibility index (Phi) is 4.64. The van der Waals surface area contributed by atoms with Crippen LogP contribution >= 0.6 is 0 Å². The van der Waals surface area contributed by atoms with Gasteiger partial charge in [0.2, 0.25) is 5.91 Å². The largest absolute Gasteiger partial charge is 0.369 e. The molecule has 26 heavy (non-hydrogen) atoms. The summed E-state index contributed by atoms with van der Waals surface area (Å²) in [6.45, 7) is 5.01. The maximum Gasteiger partial charge on any atom is 0.226 e. The third-order valence-corrected chi connectivity index (χ3v) is 7.55. The molecule has 3 aliphatic rings. The molecule has 0 radical (unpaired) electrons. The molecule has 1 unspecified atom stereocenters. The van der Waals surface area contributed by atoms with E-state index in [4.69, 9.17) is 0 Å². The fraction of sp³-hybridized carbons (Fsp3) is 0.611. The summed E-state index contributed by atoms with van der Waals surface area (Å²) in [6, 6.07) is 6.96. The van der Waals surface area contributed by atoms with E-state index in [-0.39, 0.29) is 29.1 Å². The summed E-state index contributed by atoms with van der Waals surface area (Å²) in [5, 5.41) is 0. The lowest BCUT2D eigenvalue weighted by Gasteiger charge is -2.49. The van der Waals surface area contributed by atoms with E-state index in [1.807, 2.05) is 17.0 Å². The predicted molar refractivity (Wildman–Crippen MR) is 97.3 cm³/mol. The lowest BCUT2D eigenvalue weighted by Crippen LogP contribution is -2.65. The number of nitrogens with zero attached hydrogens (tertiary/aromatic N) is 3. The fourth-order valence-electron chi connectivity index (χ4n) is 4.11. The van der Waals surface area contributed by atoms with Gasteiger partial charge in [0.05, 0.1) is 17.4 Å². The highest BCUT2D eigenvalue weighted by molar-refractivity contribution is 7.91. The van der Waals surface area contributed by atoms with Crippen LogP contribution in [0.3, 0.4) is 0 Å². The number of amides is 1. The van der Waals surface area contributed by atoms with Gasteiger partial charge in [0, 0.05) is 51.0 Å². The topological polar surface area (TPSA) is 60.9 Å². The molecule has 1 aromatic carbocycles. The van der Waals surface area contributed by atoms with E-state index >= 15 is 0 Å². The van der Waals surface area contributed by atoms with Crippen molar-refractivity contribution in [1.82, 2.24) is 9.80 Å². The highest BCUT2D eigenvalue weighted by atomic mass is 32.2. The lowest BCUT2D eigenvalue weighted by atomic mass is 10.0. The number of hydrogen-bond donors (Lipinski definition) is 0. The molecule has 3 fully saturated rings. The first-order valence-corrected chi connectivity index (χ1v) is 11.0. The number of piperazine rings is 1. The van der Waals surface area contributed by atoms with Crippen molar-refractivity contribution in [2.45, 2.75) is 12.5 Å². The van der Waals surface area contributed by atoms with Gasteiger partial charge in [0.15, 0.2) is 9.84 Å². The van der Waals surface area contributed by atoms with Crippen LogP contribution in [0.25, 0.3) is 0 Å². The average molecular weight is 381 g/mol.